The van der Waals surface area contributed by atoms with Crippen molar-refractivity contribution >= 4 is 23.5 Å². The highest BCUT2D eigenvalue weighted by Crippen LogP contribution is 2.28. The third kappa shape index (κ3) is 5.94. The number of phenolic OH excluding ortho intramolecular Hbond substituents is 1. The number of esters is 1. The van der Waals surface area contributed by atoms with Gasteiger partial charge in [0.1, 0.15) is 23.5 Å². The molecule has 1 aromatic carbocycles. The van der Waals surface area contributed by atoms with Gasteiger partial charge in [0.25, 0.3) is 0 Å². The molecule has 4 atom stereocenters. The Morgan fingerprint density at radius 2 is 1.93 bits per heavy atom. The fourth-order valence-corrected chi connectivity index (χ4v) is 2.43. The van der Waals surface area contributed by atoms with Crippen LogP contribution in [0, 0.1) is 5.92 Å². The monoisotopic (exact) mass is 391 g/mol. The van der Waals surface area contributed by atoms with Gasteiger partial charge in [-0.2, -0.15) is 0 Å². The summed E-state index contributed by atoms with van der Waals surface area (Å²) >= 11 is 0. The largest absolute Gasteiger partial charge is 0.507 e. The van der Waals surface area contributed by atoms with Gasteiger partial charge in [0.05, 0.1) is 6.10 Å². The number of hydrogen-bond acceptors (Lipinski definition) is 7. The van der Waals surface area contributed by atoms with Gasteiger partial charge in [-0.05, 0) is 31.1 Å². The Labute approximate surface area is 165 Å². The van der Waals surface area contributed by atoms with Crippen molar-refractivity contribution < 1.29 is 29.6 Å². The molecule has 0 aliphatic carbocycles. The molecule has 1 aromatic rings. The molecule has 28 heavy (non-hydrogen) atoms. The van der Waals surface area contributed by atoms with Crippen LogP contribution in [0.2, 0.25) is 0 Å². The topological polar surface area (TPSA) is 116 Å². The molecular formula is C21H29NO6. The van der Waals surface area contributed by atoms with Gasteiger partial charge in [-0.15, -0.1) is 0 Å². The molecule has 154 valence electrons. The third-order valence-corrected chi connectivity index (χ3v) is 4.53. The molecule has 0 aliphatic heterocycles. The number of aliphatic hydroxyl groups excluding tert-OH is 2. The summed E-state index contributed by atoms with van der Waals surface area (Å²) in [6.45, 7) is 8.70. The summed E-state index contributed by atoms with van der Waals surface area (Å²) in [6.07, 6.45) is 1.17. The van der Waals surface area contributed by atoms with Crippen LogP contribution in [0.25, 0.3) is 6.08 Å². The predicted octanol–water partition coefficient (Wildman–Crippen LogP) is 2.52. The molecule has 0 bridgehead atoms. The Balaban J connectivity index is 2.86. The first-order valence-corrected chi connectivity index (χ1v) is 9.12. The average Bonchev–Trinajstić information content (AvgIpc) is 2.69. The van der Waals surface area contributed by atoms with Crippen LogP contribution in [0.15, 0.2) is 30.9 Å². The minimum Gasteiger partial charge on any atom is -0.507 e. The summed E-state index contributed by atoms with van der Waals surface area (Å²) in [7, 11) is 1.69. The molecule has 0 radical (unpaired) electrons. The maximum atomic E-state index is 12.5. The summed E-state index contributed by atoms with van der Waals surface area (Å²) in [5, 5.41) is 32.3. The second kappa shape index (κ2) is 10.6. The zero-order valence-electron chi connectivity index (χ0n) is 16.7. The zero-order chi connectivity index (χ0) is 21.4. The maximum Gasteiger partial charge on any atom is 0.342 e. The highest BCUT2D eigenvalue weighted by atomic mass is 16.5. The van der Waals surface area contributed by atoms with E-state index in [2.05, 4.69) is 11.9 Å². The standard InChI is InChI=1S/C21H29NO6/c1-6-14-10-15(22-5)11-18(25)19(14)21(27)28-13(4)12(3)8-9-17(24)20(26)16(23)7-2/h6,8-13,16,20,22-23,25-26H,1,7H2,2-5H3/b9-8-/t12-,13?,16?,20+/m1/s1. The van der Waals surface area contributed by atoms with E-state index in [0.29, 0.717) is 11.3 Å². The van der Waals surface area contributed by atoms with E-state index in [1.54, 1.807) is 33.9 Å². The second-order valence-corrected chi connectivity index (χ2v) is 6.57. The van der Waals surface area contributed by atoms with Crippen molar-refractivity contribution in [3.05, 3.63) is 42.0 Å². The van der Waals surface area contributed by atoms with Gasteiger partial charge >= 0.3 is 5.97 Å². The number of nitrogens with one attached hydrogen (secondary N) is 1. The summed E-state index contributed by atoms with van der Waals surface area (Å²) in [4.78, 5) is 24.4. The lowest BCUT2D eigenvalue weighted by Crippen LogP contribution is -2.32. The van der Waals surface area contributed by atoms with Crippen LogP contribution in [-0.2, 0) is 9.53 Å². The van der Waals surface area contributed by atoms with Crippen molar-refractivity contribution in [2.75, 3.05) is 12.4 Å². The van der Waals surface area contributed by atoms with E-state index < -0.39 is 30.1 Å². The summed E-state index contributed by atoms with van der Waals surface area (Å²) in [5.74, 6) is -1.90. The van der Waals surface area contributed by atoms with Gasteiger partial charge in [0.15, 0.2) is 5.78 Å². The minimum absolute atomic E-state index is 0.00889. The molecule has 0 saturated carbocycles. The van der Waals surface area contributed by atoms with Crippen molar-refractivity contribution in [3.63, 3.8) is 0 Å². The average molecular weight is 391 g/mol. The molecule has 4 N–H and O–H groups in total. The van der Waals surface area contributed by atoms with Crippen molar-refractivity contribution in [2.45, 2.75) is 45.5 Å². The molecule has 0 aliphatic rings. The second-order valence-electron chi connectivity index (χ2n) is 6.57. The lowest BCUT2D eigenvalue weighted by Gasteiger charge is -2.19. The molecule has 2 unspecified atom stereocenters. The molecule has 0 saturated heterocycles. The van der Waals surface area contributed by atoms with Crippen LogP contribution in [-0.4, -0.2) is 52.4 Å². The van der Waals surface area contributed by atoms with E-state index in [1.165, 1.54) is 24.3 Å². The van der Waals surface area contributed by atoms with E-state index >= 15 is 0 Å². The lowest BCUT2D eigenvalue weighted by atomic mass is 10.0. The molecular weight excluding hydrogens is 362 g/mol. The van der Waals surface area contributed by atoms with E-state index in [-0.39, 0.29) is 23.7 Å². The number of phenols is 1. The molecule has 0 spiro atoms. The molecule has 1 rings (SSSR count). The molecule has 0 fully saturated rings. The van der Waals surface area contributed by atoms with Gasteiger partial charge in [0.2, 0.25) is 0 Å². The van der Waals surface area contributed by atoms with Crippen molar-refractivity contribution in [2.24, 2.45) is 5.92 Å². The maximum absolute atomic E-state index is 12.5. The predicted molar refractivity (Wildman–Crippen MR) is 108 cm³/mol. The quantitative estimate of drug-likeness (QED) is 0.358. The van der Waals surface area contributed by atoms with Crippen molar-refractivity contribution in [3.8, 4) is 5.75 Å². The van der Waals surface area contributed by atoms with Crippen LogP contribution in [0.1, 0.15) is 43.1 Å². The van der Waals surface area contributed by atoms with Gasteiger partial charge in [-0.25, -0.2) is 4.79 Å². The fraction of sp³-hybridized carbons (Fsp3) is 0.429. The Hall–Kier alpha value is -2.64. The highest BCUT2D eigenvalue weighted by molar-refractivity contribution is 5.97. The summed E-state index contributed by atoms with van der Waals surface area (Å²) in [5.41, 5.74) is 1.06. The van der Waals surface area contributed by atoms with Gasteiger partial charge < -0.3 is 25.4 Å². The van der Waals surface area contributed by atoms with Crippen LogP contribution in [0.4, 0.5) is 5.69 Å². The highest BCUT2D eigenvalue weighted by Gasteiger charge is 2.23. The molecule has 0 aromatic heterocycles. The lowest BCUT2D eigenvalue weighted by molar-refractivity contribution is -0.127. The molecule has 0 amide bonds. The number of hydrogen-bond donors (Lipinski definition) is 4. The zero-order valence-corrected chi connectivity index (χ0v) is 16.7. The van der Waals surface area contributed by atoms with Crippen molar-refractivity contribution in [1.82, 2.24) is 0 Å². The minimum atomic E-state index is -1.48. The van der Waals surface area contributed by atoms with E-state index in [4.69, 9.17) is 4.74 Å². The SMILES string of the molecule is C=Cc1cc(NC)cc(O)c1C(=O)OC(C)[C@H](C)/C=C\C(=O)[C@@H](O)C(O)CC. The number of anilines is 1. The van der Waals surface area contributed by atoms with Crippen LogP contribution in [0.3, 0.4) is 0 Å². The first-order valence-electron chi connectivity index (χ1n) is 9.12. The first-order chi connectivity index (χ1) is 13.2. The Bertz CT molecular complexity index is 743. The summed E-state index contributed by atoms with van der Waals surface area (Å²) < 4.78 is 5.41. The van der Waals surface area contributed by atoms with Crippen LogP contribution in [0.5, 0.6) is 5.75 Å². The Kier molecular flexibility index (Phi) is 8.88. The number of ketones is 1. The van der Waals surface area contributed by atoms with Crippen LogP contribution >= 0.6 is 0 Å². The number of benzene rings is 1. The number of ether oxygens (including phenoxy) is 1. The number of carbonyl (C=O) groups excluding carboxylic acids is 2. The molecule has 7 nitrogen and oxygen atoms in total. The summed E-state index contributed by atoms with van der Waals surface area (Å²) in [6, 6.07) is 3.08. The number of aromatic hydroxyl groups is 1. The van der Waals surface area contributed by atoms with Gasteiger partial charge in [-0.3, -0.25) is 4.79 Å². The van der Waals surface area contributed by atoms with Crippen molar-refractivity contribution in [1.29, 1.82) is 0 Å². The smallest absolute Gasteiger partial charge is 0.342 e. The molecule has 0 heterocycles. The molecule has 7 heteroatoms. The van der Waals surface area contributed by atoms with E-state index in [0.717, 1.165) is 0 Å². The number of rotatable bonds is 10. The van der Waals surface area contributed by atoms with E-state index in [1.807, 2.05) is 0 Å². The van der Waals surface area contributed by atoms with Gasteiger partial charge in [-0.1, -0.05) is 32.6 Å². The normalized spacial score (nSPS) is 15.5. The Morgan fingerprint density at radius 3 is 2.46 bits per heavy atom. The first kappa shape index (κ1) is 23.4. The third-order valence-electron chi connectivity index (χ3n) is 4.53. The van der Waals surface area contributed by atoms with Gasteiger partial charge in [0, 0.05) is 24.7 Å². The van der Waals surface area contributed by atoms with E-state index in [9.17, 15) is 24.9 Å². The number of aliphatic hydroxyl groups is 2. The fourth-order valence-electron chi connectivity index (χ4n) is 2.43. The Morgan fingerprint density at radius 1 is 1.29 bits per heavy atom. The van der Waals surface area contributed by atoms with Crippen LogP contribution < -0.4 is 5.32 Å². The number of carbonyl (C=O) groups is 2.